The van der Waals surface area contributed by atoms with Crippen molar-refractivity contribution >= 4 is 41.0 Å². The van der Waals surface area contributed by atoms with Gasteiger partial charge in [0.2, 0.25) is 5.91 Å². The van der Waals surface area contributed by atoms with Crippen LogP contribution >= 0.6 is 23.4 Å². The van der Waals surface area contributed by atoms with Crippen molar-refractivity contribution in [2.45, 2.75) is 6.04 Å². The van der Waals surface area contributed by atoms with Crippen LogP contribution < -0.4 is 10.6 Å². The Bertz CT molecular complexity index is 587. The molecule has 0 saturated carbocycles. The number of halogens is 1. The number of thioether (sulfide) groups is 1. The molecule has 0 aromatic heterocycles. The summed E-state index contributed by atoms with van der Waals surface area (Å²) in [5, 5.41) is 6.61. The van der Waals surface area contributed by atoms with Crippen LogP contribution in [0.4, 0.5) is 10.5 Å². The summed E-state index contributed by atoms with van der Waals surface area (Å²) >= 11 is 7.65. The number of hydrogen-bond acceptors (Lipinski definition) is 4. The fraction of sp³-hybridized carbons (Fsp3) is 0.467. The fourth-order valence-electron chi connectivity index (χ4n) is 2.67. The van der Waals surface area contributed by atoms with Gasteiger partial charge in [0.25, 0.3) is 0 Å². The predicted octanol–water partition coefficient (Wildman–Crippen LogP) is 1.68. The molecule has 2 aliphatic heterocycles. The summed E-state index contributed by atoms with van der Waals surface area (Å²) in [5.41, 5.74) is 0.674. The van der Waals surface area contributed by atoms with Gasteiger partial charge in [-0.2, -0.15) is 0 Å². The molecule has 3 amide bonds. The van der Waals surface area contributed by atoms with Crippen LogP contribution in [0.15, 0.2) is 24.3 Å². The Labute approximate surface area is 144 Å². The number of amides is 3. The number of anilines is 1. The van der Waals surface area contributed by atoms with Crippen LogP contribution in [0, 0.1) is 0 Å². The van der Waals surface area contributed by atoms with Gasteiger partial charge in [0.1, 0.15) is 0 Å². The van der Waals surface area contributed by atoms with E-state index in [1.807, 2.05) is 4.90 Å². The number of urea groups is 1. The molecule has 23 heavy (non-hydrogen) atoms. The van der Waals surface area contributed by atoms with E-state index in [9.17, 15) is 9.59 Å². The lowest BCUT2D eigenvalue weighted by atomic mass is 10.2. The third kappa shape index (κ3) is 4.10. The van der Waals surface area contributed by atoms with Gasteiger partial charge in [0.05, 0.1) is 6.04 Å². The number of rotatable bonds is 2. The lowest BCUT2D eigenvalue weighted by Gasteiger charge is -2.35. The summed E-state index contributed by atoms with van der Waals surface area (Å²) in [7, 11) is 0. The first-order valence-corrected chi connectivity index (χ1v) is 9.08. The molecule has 6 nitrogen and oxygen atoms in total. The van der Waals surface area contributed by atoms with Gasteiger partial charge < -0.3 is 15.1 Å². The molecule has 2 aliphatic rings. The minimum absolute atomic E-state index is 0.0770. The molecular weight excluding hydrogens is 336 g/mol. The number of hydrogen-bond donors (Lipinski definition) is 2. The number of carbonyl (C=O) groups excluding carboxylic acids is 2. The van der Waals surface area contributed by atoms with E-state index in [4.69, 9.17) is 11.6 Å². The normalized spacial score (nSPS) is 21.3. The Morgan fingerprint density at radius 3 is 2.61 bits per heavy atom. The minimum Gasteiger partial charge on any atom is -0.338 e. The second-order valence-electron chi connectivity index (χ2n) is 5.52. The predicted molar refractivity (Wildman–Crippen MR) is 92.9 cm³/mol. The van der Waals surface area contributed by atoms with Crippen molar-refractivity contribution in [1.82, 2.24) is 15.1 Å². The molecule has 0 radical (unpaired) electrons. The van der Waals surface area contributed by atoms with Crippen LogP contribution in [-0.4, -0.2) is 65.6 Å². The van der Waals surface area contributed by atoms with Gasteiger partial charge in [0, 0.05) is 48.5 Å². The Kier molecular flexibility index (Phi) is 5.30. The van der Waals surface area contributed by atoms with E-state index in [0.29, 0.717) is 36.9 Å². The van der Waals surface area contributed by atoms with Crippen LogP contribution in [0.1, 0.15) is 0 Å². The quantitative estimate of drug-likeness (QED) is 0.848. The van der Waals surface area contributed by atoms with Crippen molar-refractivity contribution < 1.29 is 9.59 Å². The highest BCUT2D eigenvalue weighted by Gasteiger charge is 2.30. The Balaban J connectivity index is 1.50. The molecule has 0 spiro atoms. The van der Waals surface area contributed by atoms with Crippen LogP contribution in [0.2, 0.25) is 5.02 Å². The first-order valence-electron chi connectivity index (χ1n) is 7.55. The Morgan fingerprint density at radius 2 is 1.96 bits per heavy atom. The lowest BCUT2D eigenvalue weighted by molar-refractivity contribution is -0.134. The number of benzene rings is 1. The zero-order valence-corrected chi connectivity index (χ0v) is 14.2. The van der Waals surface area contributed by atoms with Gasteiger partial charge >= 0.3 is 6.03 Å². The highest BCUT2D eigenvalue weighted by atomic mass is 35.5. The molecule has 124 valence electrons. The third-order valence-electron chi connectivity index (χ3n) is 3.97. The van der Waals surface area contributed by atoms with Gasteiger partial charge in [-0.3, -0.25) is 10.1 Å². The maximum absolute atomic E-state index is 12.3. The van der Waals surface area contributed by atoms with Crippen molar-refractivity contribution in [3.05, 3.63) is 29.3 Å². The SMILES string of the molecule is O=C(Nc1cccc(Cl)c1)N1CCN(C(=O)C2CSCN2)CC1. The van der Waals surface area contributed by atoms with Crippen molar-refractivity contribution in [3.63, 3.8) is 0 Å². The smallest absolute Gasteiger partial charge is 0.321 e. The zero-order chi connectivity index (χ0) is 16.2. The van der Waals surface area contributed by atoms with Crippen molar-refractivity contribution in [2.24, 2.45) is 0 Å². The van der Waals surface area contributed by atoms with Crippen molar-refractivity contribution in [3.8, 4) is 0 Å². The Morgan fingerprint density at radius 1 is 1.22 bits per heavy atom. The zero-order valence-electron chi connectivity index (χ0n) is 12.6. The fourth-order valence-corrected chi connectivity index (χ4v) is 3.80. The first-order chi connectivity index (χ1) is 11.1. The minimum atomic E-state index is -0.158. The molecule has 2 heterocycles. The molecule has 2 N–H and O–H groups in total. The van der Waals surface area contributed by atoms with Gasteiger partial charge in [-0.05, 0) is 18.2 Å². The van der Waals surface area contributed by atoms with E-state index in [2.05, 4.69) is 10.6 Å². The maximum Gasteiger partial charge on any atom is 0.321 e. The van der Waals surface area contributed by atoms with E-state index in [1.54, 1.807) is 40.9 Å². The highest BCUT2D eigenvalue weighted by Crippen LogP contribution is 2.16. The maximum atomic E-state index is 12.3. The number of piperazine rings is 1. The van der Waals surface area contributed by atoms with Crippen LogP contribution in [-0.2, 0) is 4.79 Å². The van der Waals surface area contributed by atoms with Crippen molar-refractivity contribution in [1.29, 1.82) is 0 Å². The van der Waals surface area contributed by atoms with Crippen molar-refractivity contribution in [2.75, 3.05) is 43.1 Å². The summed E-state index contributed by atoms with van der Waals surface area (Å²) in [5.74, 6) is 1.80. The molecule has 2 saturated heterocycles. The van der Waals surface area contributed by atoms with Gasteiger partial charge in [0.15, 0.2) is 0 Å². The van der Waals surface area contributed by atoms with E-state index in [-0.39, 0.29) is 18.0 Å². The summed E-state index contributed by atoms with van der Waals surface area (Å²) in [4.78, 5) is 28.1. The average Bonchev–Trinajstić information content (AvgIpc) is 3.09. The number of nitrogens with zero attached hydrogens (tertiary/aromatic N) is 2. The van der Waals surface area contributed by atoms with Gasteiger partial charge in [-0.25, -0.2) is 4.79 Å². The van der Waals surface area contributed by atoms with Gasteiger partial charge in [-0.15, -0.1) is 11.8 Å². The lowest BCUT2D eigenvalue weighted by Crippen LogP contribution is -2.55. The Hall–Kier alpha value is -1.44. The second kappa shape index (κ2) is 7.42. The summed E-state index contributed by atoms with van der Waals surface area (Å²) in [6.45, 7) is 2.23. The van der Waals surface area contributed by atoms with Gasteiger partial charge in [-0.1, -0.05) is 17.7 Å². The van der Waals surface area contributed by atoms with Crippen LogP contribution in [0.3, 0.4) is 0 Å². The molecule has 8 heteroatoms. The van der Waals surface area contributed by atoms with Crippen LogP contribution in [0.25, 0.3) is 0 Å². The molecule has 3 rings (SSSR count). The topological polar surface area (TPSA) is 64.7 Å². The summed E-state index contributed by atoms with van der Waals surface area (Å²) in [6.07, 6.45) is 0. The average molecular weight is 355 g/mol. The highest BCUT2D eigenvalue weighted by molar-refractivity contribution is 7.99. The van der Waals surface area contributed by atoms with E-state index in [0.717, 1.165) is 11.6 Å². The molecule has 1 aromatic carbocycles. The standard InChI is InChI=1S/C15H19ClN4O2S/c16-11-2-1-3-12(8-11)18-15(22)20-6-4-19(5-7-20)14(21)13-9-23-10-17-13/h1-3,8,13,17H,4-7,9-10H2,(H,18,22). The third-order valence-corrected chi connectivity index (χ3v) is 5.14. The molecule has 0 aliphatic carbocycles. The molecule has 1 atom stereocenters. The molecule has 0 bridgehead atoms. The largest absolute Gasteiger partial charge is 0.338 e. The monoisotopic (exact) mass is 354 g/mol. The molecular formula is C15H19ClN4O2S. The molecule has 1 unspecified atom stereocenters. The molecule has 1 aromatic rings. The molecule has 2 fully saturated rings. The van der Waals surface area contributed by atoms with E-state index in [1.165, 1.54) is 0 Å². The first kappa shape index (κ1) is 16.4. The number of nitrogens with one attached hydrogen (secondary N) is 2. The second-order valence-corrected chi connectivity index (χ2v) is 6.99. The van der Waals surface area contributed by atoms with E-state index < -0.39 is 0 Å². The number of carbonyl (C=O) groups is 2. The van der Waals surface area contributed by atoms with E-state index >= 15 is 0 Å². The van der Waals surface area contributed by atoms with Crippen LogP contribution in [0.5, 0.6) is 0 Å². The summed E-state index contributed by atoms with van der Waals surface area (Å²) in [6, 6.07) is 6.83. The summed E-state index contributed by atoms with van der Waals surface area (Å²) < 4.78 is 0.